The number of hydrogen-bond acceptors (Lipinski definition) is 6. The molecule has 1 fully saturated rings. The molecule has 25 heavy (non-hydrogen) atoms. The zero-order valence-electron chi connectivity index (χ0n) is 13.6. The Kier molecular flexibility index (Phi) is 4.20. The van der Waals surface area contributed by atoms with Crippen LogP contribution in [0.3, 0.4) is 0 Å². The molecule has 7 heteroatoms. The maximum atomic E-state index is 12.7. The number of amides is 1. The van der Waals surface area contributed by atoms with E-state index in [1.54, 1.807) is 30.7 Å². The molecular formula is C18H17N5O2. The van der Waals surface area contributed by atoms with Crippen LogP contribution in [0.4, 0.5) is 0 Å². The van der Waals surface area contributed by atoms with Crippen LogP contribution in [-0.4, -0.2) is 49.9 Å². The molecule has 0 spiro atoms. The van der Waals surface area contributed by atoms with Crippen molar-refractivity contribution in [1.29, 1.82) is 0 Å². The standard InChI is InChI=1S/C18H17N5O2/c24-18(13-1-2-15-16(11-13)21-8-7-20-15)23-9-4-14(5-10-23)25-17-3-6-19-12-22-17/h1-3,6-8,11-12,14H,4-5,9-10H2. The highest BCUT2D eigenvalue weighted by Gasteiger charge is 2.25. The monoisotopic (exact) mass is 335 g/mol. The number of piperidine rings is 1. The van der Waals surface area contributed by atoms with Crippen molar-refractivity contribution < 1.29 is 9.53 Å². The molecule has 1 amide bonds. The minimum atomic E-state index is 0.0213. The summed E-state index contributed by atoms with van der Waals surface area (Å²) in [5, 5.41) is 0. The van der Waals surface area contributed by atoms with E-state index >= 15 is 0 Å². The predicted molar refractivity (Wildman–Crippen MR) is 91.1 cm³/mol. The smallest absolute Gasteiger partial charge is 0.253 e. The van der Waals surface area contributed by atoms with E-state index < -0.39 is 0 Å². The molecule has 0 atom stereocenters. The molecule has 7 nitrogen and oxygen atoms in total. The average Bonchev–Trinajstić information content (AvgIpc) is 2.68. The number of ether oxygens (including phenoxy) is 1. The molecule has 4 rings (SSSR count). The largest absolute Gasteiger partial charge is 0.474 e. The van der Waals surface area contributed by atoms with Crippen molar-refractivity contribution in [3.05, 3.63) is 54.7 Å². The van der Waals surface area contributed by atoms with Crippen LogP contribution in [-0.2, 0) is 0 Å². The summed E-state index contributed by atoms with van der Waals surface area (Å²) in [6.45, 7) is 1.32. The lowest BCUT2D eigenvalue weighted by Gasteiger charge is -2.32. The summed E-state index contributed by atoms with van der Waals surface area (Å²) in [6, 6.07) is 7.19. The number of fused-ring (bicyclic) bond motifs is 1. The van der Waals surface area contributed by atoms with E-state index in [2.05, 4.69) is 19.9 Å². The minimum Gasteiger partial charge on any atom is -0.474 e. The van der Waals surface area contributed by atoms with Crippen LogP contribution in [0.1, 0.15) is 23.2 Å². The number of rotatable bonds is 3. The number of carbonyl (C=O) groups excluding carboxylic acids is 1. The van der Waals surface area contributed by atoms with Gasteiger partial charge < -0.3 is 9.64 Å². The zero-order chi connectivity index (χ0) is 17.1. The molecule has 1 aromatic carbocycles. The maximum absolute atomic E-state index is 12.7. The van der Waals surface area contributed by atoms with Crippen molar-refractivity contribution in [3.8, 4) is 5.88 Å². The zero-order valence-corrected chi connectivity index (χ0v) is 13.6. The van der Waals surface area contributed by atoms with Gasteiger partial charge in [-0.3, -0.25) is 14.8 Å². The average molecular weight is 335 g/mol. The molecule has 1 aliphatic heterocycles. The van der Waals surface area contributed by atoms with Gasteiger partial charge in [0.1, 0.15) is 12.4 Å². The van der Waals surface area contributed by atoms with Gasteiger partial charge in [0.15, 0.2) is 0 Å². The second-order valence-corrected chi connectivity index (χ2v) is 5.92. The Morgan fingerprint density at radius 1 is 1.00 bits per heavy atom. The lowest BCUT2D eigenvalue weighted by molar-refractivity contribution is 0.0588. The first-order valence-electron chi connectivity index (χ1n) is 8.22. The van der Waals surface area contributed by atoms with Crippen molar-refractivity contribution in [1.82, 2.24) is 24.8 Å². The summed E-state index contributed by atoms with van der Waals surface area (Å²) in [6.07, 6.45) is 8.03. The van der Waals surface area contributed by atoms with Crippen molar-refractivity contribution in [2.45, 2.75) is 18.9 Å². The Morgan fingerprint density at radius 3 is 2.56 bits per heavy atom. The topological polar surface area (TPSA) is 81.1 Å². The summed E-state index contributed by atoms with van der Waals surface area (Å²) in [5.74, 6) is 0.598. The van der Waals surface area contributed by atoms with Gasteiger partial charge in [-0.1, -0.05) is 0 Å². The first-order valence-corrected chi connectivity index (χ1v) is 8.22. The Morgan fingerprint density at radius 2 is 1.80 bits per heavy atom. The Labute approximate surface area is 144 Å². The van der Waals surface area contributed by atoms with Crippen LogP contribution in [0.25, 0.3) is 11.0 Å². The van der Waals surface area contributed by atoms with Gasteiger partial charge >= 0.3 is 0 Å². The van der Waals surface area contributed by atoms with E-state index in [0.717, 1.165) is 23.9 Å². The van der Waals surface area contributed by atoms with E-state index in [1.165, 1.54) is 6.33 Å². The van der Waals surface area contributed by atoms with E-state index in [0.29, 0.717) is 24.5 Å². The van der Waals surface area contributed by atoms with Gasteiger partial charge in [-0.15, -0.1) is 0 Å². The predicted octanol–water partition coefficient (Wildman–Crippen LogP) is 2.10. The van der Waals surface area contributed by atoms with Gasteiger partial charge in [-0.25, -0.2) is 9.97 Å². The molecule has 1 saturated heterocycles. The van der Waals surface area contributed by atoms with Crippen molar-refractivity contribution in [2.24, 2.45) is 0 Å². The van der Waals surface area contributed by atoms with Crippen LogP contribution in [0.15, 0.2) is 49.2 Å². The summed E-state index contributed by atoms with van der Waals surface area (Å²) >= 11 is 0. The molecule has 3 heterocycles. The Hall–Kier alpha value is -3.09. The maximum Gasteiger partial charge on any atom is 0.253 e. The third-order valence-corrected chi connectivity index (χ3v) is 4.29. The summed E-state index contributed by atoms with van der Waals surface area (Å²) in [5.41, 5.74) is 2.16. The number of carbonyl (C=O) groups is 1. The second-order valence-electron chi connectivity index (χ2n) is 5.92. The van der Waals surface area contributed by atoms with Gasteiger partial charge in [0, 0.05) is 56.2 Å². The fourth-order valence-electron chi connectivity index (χ4n) is 2.97. The number of nitrogens with zero attached hydrogens (tertiary/aromatic N) is 5. The highest BCUT2D eigenvalue weighted by Crippen LogP contribution is 2.19. The Balaban J connectivity index is 1.40. The van der Waals surface area contributed by atoms with E-state index in [-0.39, 0.29) is 12.0 Å². The molecule has 0 bridgehead atoms. The molecule has 0 saturated carbocycles. The van der Waals surface area contributed by atoms with Crippen LogP contribution in [0, 0.1) is 0 Å². The van der Waals surface area contributed by atoms with Crippen LogP contribution >= 0.6 is 0 Å². The summed E-state index contributed by atoms with van der Waals surface area (Å²) in [7, 11) is 0. The molecule has 0 radical (unpaired) electrons. The van der Waals surface area contributed by atoms with Gasteiger partial charge in [0.25, 0.3) is 5.91 Å². The fourth-order valence-corrected chi connectivity index (χ4v) is 2.97. The van der Waals surface area contributed by atoms with Crippen LogP contribution in [0.5, 0.6) is 5.88 Å². The highest BCUT2D eigenvalue weighted by atomic mass is 16.5. The quantitative estimate of drug-likeness (QED) is 0.729. The lowest BCUT2D eigenvalue weighted by Crippen LogP contribution is -2.41. The number of hydrogen-bond donors (Lipinski definition) is 0. The molecule has 0 N–H and O–H groups in total. The normalized spacial score (nSPS) is 15.3. The van der Waals surface area contributed by atoms with Gasteiger partial charge in [0.05, 0.1) is 11.0 Å². The number of benzene rings is 1. The first kappa shape index (κ1) is 15.4. The lowest BCUT2D eigenvalue weighted by atomic mass is 10.1. The molecular weight excluding hydrogens is 318 g/mol. The third-order valence-electron chi connectivity index (χ3n) is 4.29. The first-order chi connectivity index (χ1) is 12.3. The fraction of sp³-hybridized carbons (Fsp3) is 0.278. The number of likely N-dealkylation sites (tertiary alicyclic amines) is 1. The highest BCUT2D eigenvalue weighted by molar-refractivity contribution is 5.97. The molecule has 0 aliphatic carbocycles. The second kappa shape index (κ2) is 6.80. The van der Waals surface area contributed by atoms with E-state index in [1.807, 2.05) is 17.0 Å². The molecule has 3 aromatic rings. The third kappa shape index (κ3) is 3.40. The SMILES string of the molecule is O=C(c1ccc2nccnc2c1)N1CCC(Oc2ccncn2)CC1. The van der Waals surface area contributed by atoms with Crippen LogP contribution < -0.4 is 4.74 Å². The van der Waals surface area contributed by atoms with Crippen molar-refractivity contribution in [2.75, 3.05) is 13.1 Å². The molecule has 1 aliphatic rings. The van der Waals surface area contributed by atoms with Gasteiger partial charge in [-0.05, 0) is 18.2 Å². The van der Waals surface area contributed by atoms with Crippen molar-refractivity contribution >= 4 is 16.9 Å². The Bertz CT molecular complexity index is 879. The summed E-state index contributed by atoms with van der Waals surface area (Å²) < 4.78 is 5.84. The van der Waals surface area contributed by atoms with Gasteiger partial charge in [-0.2, -0.15) is 0 Å². The number of aromatic nitrogens is 4. The van der Waals surface area contributed by atoms with Crippen LogP contribution in [0.2, 0.25) is 0 Å². The summed E-state index contributed by atoms with van der Waals surface area (Å²) in [4.78, 5) is 31.0. The van der Waals surface area contributed by atoms with E-state index in [4.69, 9.17) is 4.74 Å². The van der Waals surface area contributed by atoms with Gasteiger partial charge in [0.2, 0.25) is 5.88 Å². The molecule has 2 aromatic heterocycles. The van der Waals surface area contributed by atoms with E-state index in [9.17, 15) is 4.79 Å². The minimum absolute atomic E-state index is 0.0213. The van der Waals surface area contributed by atoms with Crippen molar-refractivity contribution in [3.63, 3.8) is 0 Å². The molecule has 126 valence electrons. The molecule has 0 unspecified atom stereocenters.